The number of anilines is 1. The van der Waals surface area contributed by atoms with Crippen LogP contribution < -0.4 is 4.90 Å². The highest BCUT2D eigenvalue weighted by Gasteiger charge is 2.13. The summed E-state index contributed by atoms with van der Waals surface area (Å²) in [6.45, 7) is 0. The van der Waals surface area contributed by atoms with E-state index in [1.54, 1.807) is 43.6 Å². The predicted octanol–water partition coefficient (Wildman–Crippen LogP) is 2.06. The first-order valence-corrected chi connectivity index (χ1v) is 5.15. The van der Waals surface area contributed by atoms with Crippen LogP contribution in [0.2, 0.25) is 0 Å². The van der Waals surface area contributed by atoms with Crippen molar-refractivity contribution in [2.75, 3.05) is 11.9 Å². The molecular formula is C13H12N2O2. The molecule has 0 spiro atoms. The molecule has 0 fully saturated rings. The van der Waals surface area contributed by atoms with Gasteiger partial charge in [-0.25, -0.2) is 0 Å². The Hall–Kier alpha value is -2.36. The van der Waals surface area contributed by atoms with Crippen LogP contribution in [0.3, 0.4) is 0 Å². The number of hydrogen-bond donors (Lipinski definition) is 1. The van der Waals surface area contributed by atoms with Crippen LogP contribution in [-0.2, 0) is 0 Å². The van der Waals surface area contributed by atoms with Crippen LogP contribution >= 0.6 is 0 Å². The first kappa shape index (κ1) is 11.1. The fourth-order valence-corrected chi connectivity index (χ4v) is 1.50. The van der Waals surface area contributed by atoms with Gasteiger partial charge in [0.15, 0.2) is 0 Å². The van der Waals surface area contributed by atoms with Gasteiger partial charge in [0.05, 0.1) is 5.56 Å². The van der Waals surface area contributed by atoms with Gasteiger partial charge in [0, 0.05) is 31.2 Å². The summed E-state index contributed by atoms with van der Waals surface area (Å²) in [4.78, 5) is 17.4. The van der Waals surface area contributed by atoms with Crippen LogP contribution in [0.25, 0.3) is 0 Å². The van der Waals surface area contributed by atoms with Gasteiger partial charge in [-0.2, -0.15) is 0 Å². The maximum Gasteiger partial charge on any atom is 0.259 e. The van der Waals surface area contributed by atoms with Crippen molar-refractivity contribution in [1.82, 2.24) is 4.98 Å². The Morgan fingerprint density at radius 1 is 1.29 bits per heavy atom. The lowest BCUT2D eigenvalue weighted by Gasteiger charge is -2.17. The summed E-state index contributed by atoms with van der Waals surface area (Å²) >= 11 is 0. The molecule has 0 radical (unpaired) electrons. The minimum Gasteiger partial charge on any atom is -0.508 e. The van der Waals surface area contributed by atoms with Gasteiger partial charge >= 0.3 is 0 Å². The number of amides is 1. The molecule has 0 saturated carbocycles. The molecule has 2 aromatic rings. The molecule has 17 heavy (non-hydrogen) atoms. The molecule has 2 rings (SSSR count). The summed E-state index contributed by atoms with van der Waals surface area (Å²) in [7, 11) is 1.66. The normalized spacial score (nSPS) is 9.94. The highest BCUT2D eigenvalue weighted by molar-refractivity contribution is 6.05. The summed E-state index contributed by atoms with van der Waals surface area (Å²) in [5.74, 6) is -0.0305. The third-order valence-electron chi connectivity index (χ3n) is 2.43. The predicted molar refractivity (Wildman–Crippen MR) is 65.1 cm³/mol. The quantitative estimate of drug-likeness (QED) is 0.856. The molecule has 0 saturated heterocycles. The summed E-state index contributed by atoms with van der Waals surface area (Å²) in [6.07, 6.45) is 3.13. The number of phenols is 1. The topological polar surface area (TPSA) is 53.4 Å². The minimum atomic E-state index is -0.163. The Labute approximate surface area is 99.2 Å². The standard InChI is InChI=1S/C13H12N2O2/c1-15(11-5-2-6-12(16)8-11)13(17)10-4-3-7-14-9-10/h2-9,16H,1H3. The molecule has 1 amide bonds. The number of aromatic nitrogens is 1. The number of hydrogen-bond acceptors (Lipinski definition) is 3. The lowest BCUT2D eigenvalue weighted by atomic mass is 10.2. The second-order valence-electron chi connectivity index (χ2n) is 3.63. The van der Waals surface area contributed by atoms with Gasteiger partial charge < -0.3 is 10.0 Å². The van der Waals surface area contributed by atoms with Crippen molar-refractivity contribution in [3.8, 4) is 5.75 Å². The number of carbonyl (C=O) groups is 1. The molecule has 0 unspecified atom stereocenters. The second kappa shape index (κ2) is 4.65. The Morgan fingerprint density at radius 2 is 2.12 bits per heavy atom. The molecule has 0 atom stereocenters. The van der Waals surface area contributed by atoms with E-state index in [1.807, 2.05) is 0 Å². The number of nitrogens with zero attached hydrogens (tertiary/aromatic N) is 2. The van der Waals surface area contributed by atoms with Crippen LogP contribution in [0.4, 0.5) is 5.69 Å². The number of pyridine rings is 1. The maximum absolute atomic E-state index is 12.1. The molecule has 0 aliphatic carbocycles. The van der Waals surface area contributed by atoms with Crippen LogP contribution in [-0.4, -0.2) is 23.0 Å². The first-order valence-electron chi connectivity index (χ1n) is 5.15. The summed E-state index contributed by atoms with van der Waals surface area (Å²) in [5.41, 5.74) is 1.15. The third kappa shape index (κ3) is 2.42. The fourth-order valence-electron chi connectivity index (χ4n) is 1.50. The minimum absolute atomic E-state index is 0.133. The number of benzene rings is 1. The van der Waals surface area contributed by atoms with Gasteiger partial charge in [0.1, 0.15) is 5.75 Å². The molecule has 0 aliphatic rings. The van der Waals surface area contributed by atoms with Gasteiger partial charge in [-0.15, -0.1) is 0 Å². The van der Waals surface area contributed by atoms with Crippen molar-refractivity contribution in [3.63, 3.8) is 0 Å². The molecule has 4 heteroatoms. The van der Waals surface area contributed by atoms with Crippen LogP contribution in [0.15, 0.2) is 48.8 Å². The molecule has 1 aromatic carbocycles. The first-order chi connectivity index (χ1) is 8.18. The van der Waals surface area contributed by atoms with E-state index in [-0.39, 0.29) is 11.7 Å². The number of carbonyl (C=O) groups excluding carboxylic acids is 1. The molecule has 0 bridgehead atoms. The van der Waals surface area contributed by atoms with E-state index in [2.05, 4.69) is 4.98 Å². The number of rotatable bonds is 2. The molecule has 0 aliphatic heterocycles. The van der Waals surface area contributed by atoms with E-state index in [4.69, 9.17) is 0 Å². The van der Waals surface area contributed by atoms with Gasteiger partial charge in [-0.3, -0.25) is 9.78 Å². The van der Waals surface area contributed by atoms with Gasteiger partial charge in [0.25, 0.3) is 5.91 Å². The van der Waals surface area contributed by atoms with Crippen LogP contribution in [0.5, 0.6) is 5.75 Å². The van der Waals surface area contributed by atoms with E-state index in [0.717, 1.165) is 0 Å². The Bertz CT molecular complexity index is 526. The number of aromatic hydroxyl groups is 1. The van der Waals surface area contributed by atoms with E-state index >= 15 is 0 Å². The van der Waals surface area contributed by atoms with Crippen molar-refractivity contribution < 1.29 is 9.90 Å². The van der Waals surface area contributed by atoms with Crippen LogP contribution in [0, 0.1) is 0 Å². The second-order valence-corrected chi connectivity index (χ2v) is 3.63. The smallest absolute Gasteiger partial charge is 0.259 e. The molecular weight excluding hydrogens is 216 g/mol. The van der Waals surface area contributed by atoms with E-state index in [1.165, 1.54) is 17.2 Å². The zero-order chi connectivity index (χ0) is 12.3. The van der Waals surface area contributed by atoms with Gasteiger partial charge in [0.2, 0.25) is 0 Å². The average Bonchev–Trinajstić information content (AvgIpc) is 2.38. The van der Waals surface area contributed by atoms with Crippen LogP contribution in [0.1, 0.15) is 10.4 Å². The van der Waals surface area contributed by atoms with Crippen molar-refractivity contribution >= 4 is 11.6 Å². The van der Waals surface area contributed by atoms with Crippen molar-refractivity contribution in [1.29, 1.82) is 0 Å². The van der Waals surface area contributed by atoms with Crippen molar-refractivity contribution in [2.24, 2.45) is 0 Å². The molecule has 1 aromatic heterocycles. The lowest BCUT2D eigenvalue weighted by molar-refractivity contribution is 0.0992. The summed E-state index contributed by atoms with van der Waals surface area (Å²) in [5, 5.41) is 9.36. The Morgan fingerprint density at radius 3 is 2.76 bits per heavy atom. The van der Waals surface area contributed by atoms with E-state index in [0.29, 0.717) is 11.3 Å². The van der Waals surface area contributed by atoms with E-state index in [9.17, 15) is 9.90 Å². The molecule has 1 heterocycles. The van der Waals surface area contributed by atoms with Gasteiger partial charge in [-0.05, 0) is 24.3 Å². The third-order valence-corrected chi connectivity index (χ3v) is 2.43. The Balaban J connectivity index is 2.27. The maximum atomic E-state index is 12.1. The number of phenolic OH excluding ortho intramolecular Hbond substituents is 1. The average molecular weight is 228 g/mol. The van der Waals surface area contributed by atoms with Gasteiger partial charge in [-0.1, -0.05) is 6.07 Å². The van der Waals surface area contributed by atoms with Crippen molar-refractivity contribution in [2.45, 2.75) is 0 Å². The summed E-state index contributed by atoms with van der Waals surface area (Å²) in [6, 6.07) is 9.96. The monoisotopic (exact) mass is 228 g/mol. The molecule has 86 valence electrons. The molecule has 4 nitrogen and oxygen atoms in total. The fraction of sp³-hybridized carbons (Fsp3) is 0.0769. The zero-order valence-electron chi connectivity index (χ0n) is 9.37. The van der Waals surface area contributed by atoms with Crippen molar-refractivity contribution in [3.05, 3.63) is 54.4 Å². The zero-order valence-corrected chi connectivity index (χ0v) is 9.37. The highest BCUT2D eigenvalue weighted by Crippen LogP contribution is 2.20. The Kier molecular flexibility index (Phi) is 3.05. The SMILES string of the molecule is CN(C(=O)c1cccnc1)c1cccc(O)c1. The lowest BCUT2D eigenvalue weighted by Crippen LogP contribution is -2.26. The van der Waals surface area contributed by atoms with E-state index < -0.39 is 0 Å². The largest absolute Gasteiger partial charge is 0.508 e. The molecule has 1 N–H and O–H groups in total. The highest BCUT2D eigenvalue weighted by atomic mass is 16.3. The summed E-state index contributed by atoms with van der Waals surface area (Å²) < 4.78 is 0.